The topological polar surface area (TPSA) is 96.2 Å². The highest BCUT2D eigenvalue weighted by Crippen LogP contribution is 2.25. The summed E-state index contributed by atoms with van der Waals surface area (Å²) in [4.78, 5) is 22.7. The Morgan fingerprint density at radius 2 is 2.19 bits per heavy atom. The Kier molecular flexibility index (Phi) is 2.08. The van der Waals surface area contributed by atoms with Crippen LogP contribution in [0.2, 0.25) is 0 Å². The molecule has 6 nitrogen and oxygen atoms in total. The van der Waals surface area contributed by atoms with Crippen LogP contribution in [-0.4, -0.2) is 21.0 Å². The number of nitrogens with one attached hydrogen (secondary N) is 1. The van der Waals surface area contributed by atoms with E-state index in [4.69, 9.17) is 5.11 Å². The van der Waals surface area contributed by atoms with Gasteiger partial charge in [0, 0.05) is 23.0 Å². The molecule has 0 aliphatic carbocycles. The number of hydrogen-bond donors (Lipinski definition) is 2. The first-order valence-corrected chi connectivity index (χ1v) is 4.19. The lowest BCUT2D eigenvalue weighted by molar-refractivity contribution is -0.384. The number of nitrogens with zero attached hydrogens (tertiary/aromatic N) is 1. The number of non-ortho nitro benzene ring substituents is 1. The van der Waals surface area contributed by atoms with E-state index < -0.39 is 22.4 Å². The fourth-order valence-electron chi connectivity index (χ4n) is 1.41. The average molecular weight is 224 g/mol. The van der Waals surface area contributed by atoms with Gasteiger partial charge in [-0.2, -0.15) is 0 Å². The first-order chi connectivity index (χ1) is 7.50. The summed E-state index contributed by atoms with van der Waals surface area (Å²) >= 11 is 0. The van der Waals surface area contributed by atoms with Crippen molar-refractivity contribution in [2.45, 2.75) is 0 Å². The van der Waals surface area contributed by atoms with Crippen LogP contribution in [0.4, 0.5) is 10.1 Å². The molecule has 1 aromatic heterocycles. The van der Waals surface area contributed by atoms with Crippen molar-refractivity contribution in [3.05, 3.63) is 39.8 Å². The molecule has 0 saturated carbocycles. The molecule has 2 rings (SSSR count). The number of hydrogen-bond acceptors (Lipinski definition) is 3. The minimum atomic E-state index is -1.45. The molecule has 0 fully saturated rings. The van der Waals surface area contributed by atoms with E-state index in [-0.39, 0.29) is 16.6 Å². The number of fused-ring (bicyclic) bond motifs is 1. The third-order valence-corrected chi connectivity index (χ3v) is 2.14. The first-order valence-electron chi connectivity index (χ1n) is 4.19. The van der Waals surface area contributed by atoms with Gasteiger partial charge in [-0.25, -0.2) is 9.18 Å². The SMILES string of the molecule is O=C(O)c1[nH]c2ccc([N+](=O)[O-])cc2c1F. The number of carboxylic acid groups (broad SMARTS) is 1. The maximum atomic E-state index is 13.5. The third-order valence-electron chi connectivity index (χ3n) is 2.14. The number of halogens is 1. The number of carboxylic acids is 1. The van der Waals surface area contributed by atoms with Gasteiger partial charge in [0.15, 0.2) is 11.5 Å². The van der Waals surface area contributed by atoms with Gasteiger partial charge >= 0.3 is 5.97 Å². The van der Waals surface area contributed by atoms with Crippen molar-refractivity contribution in [1.29, 1.82) is 0 Å². The summed E-state index contributed by atoms with van der Waals surface area (Å²) in [6, 6.07) is 3.43. The predicted octanol–water partition coefficient (Wildman–Crippen LogP) is 1.91. The van der Waals surface area contributed by atoms with Crippen molar-refractivity contribution in [2.75, 3.05) is 0 Å². The summed E-state index contributed by atoms with van der Waals surface area (Å²) in [7, 11) is 0. The lowest BCUT2D eigenvalue weighted by atomic mass is 10.2. The van der Waals surface area contributed by atoms with Crippen LogP contribution in [0, 0.1) is 15.9 Å². The number of rotatable bonds is 2. The molecule has 0 unspecified atom stereocenters. The number of aromatic nitrogens is 1. The quantitative estimate of drug-likeness (QED) is 0.601. The van der Waals surface area contributed by atoms with Crippen LogP contribution in [0.25, 0.3) is 10.9 Å². The zero-order valence-corrected chi connectivity index (χ0v) is 7.73. The molecule has 16 heavy (non-hydrogen) atoms. The van der Waals surface area contributed by atoms with Crippen molar-refractivity contribution >= 4 is 22.6 Å². The van der Waals surface area contributed by atoms with Gasteiger partial charge in [0.05, 0.1) is 4.92 Å². The molecule has 0 atom stereocenters. The van der Waals surface area contributed by atoms with E-state index in [1.807, 2.05) is 0 Å². The summed E-state index contributed by atoms with van der Waals surface area (Å²) in [5.74, 6) is -2.44. The summed E-state index contributed by atoms with van der Waals surface area (Å²) in [6.07, 6.45) is 0. The summed E-state index contributed by atoms with van der Waals surface area (Å²) in [5, 5.41) is 19.0. The Bertz CT molecular complexity index is 605. The Morgan fingerprint density at radius 3 is 2.75 bits per heavy atom. The average Bonchev–Trinajstić information content (AvgIpc) is 2.56. The minimum Gasteiger partial charge on any atom is -0.476 e. The number of benzene rings is 1. The van der Waals surface area contributed by atoms with Gasteiger partial charge in [-0.1, -0.05) is 0 Å². The van der Waals surface area contributed by atoms with Crippen LogP contribution < -0.4 is 0 Å². The maximum Gasteiger partial charge on any atom is 0.355 e. The van der Waals surface area contributed by atoms with Gasteiger partial charge in [-0.3, -0.25) is 10.1 Å². The normalized spacial score (nSPS) is 10.6. The monoisotopic (exact) mass is 224 g/mol. The Morgan fingerprint density at radius 1 is 1.50 bits per heavy atom. The molecule has 0 bridgehead atoms. The van der Waals surface area contributed by atoms with E-state index in [1.165, 1.54) is 12.1 Å². The molecule has 82 valence electrons. The van der Waals surface area contributed by atoms with Crippen molar-refractivity contribution in [3.63, 3.8) is 0 Å². The highest BCUT2D eigenvalue weighted by molar-refractivity contribution is 5.95. The van der Waals surface area contributed by atoms with Crippen LogP contribution in [-0.2, 0) is 0 Å². The molecule has 7 heteroatoms. The lowest BCUT2D eigenvalue weighted by Crippen LogP contribution is -1.98. The van der Waals surface area contributed by atoms with E-state index in [2.05, 4.69) is 4.98 Å². The second-order valence-electron chi connectivity index (χ2n) is 3.11. The van der Waals surface area contributed by atoms with Gasteiger partial charge in [-0.05, 0) is 6.07 Å². The second-order valence-corrected chi connectivity index (χ2v) is 3.11. The molecule has 1 heterocycles. The molecule has 1 aromatic carbocycles. The lowest BCUT2D eigenvalue weighted by Gasteiger charge is -1.91. The highest BCUT2D eigenvalue weighted by Gasteiger charge is 2.19. The van der Waals surface area contributed by atoms with Crippen LogP contribution in [0.15, 0.2) is 18.2 Å². The van der Waals surface area contributed by atoms with Crippen LogP contribution in [0.5, 0.6) is 0 Å². The fraction of sp³-hybridized carbons (Fsp3) is 0. The van der Waals surface area contributed by atoms with Crippen molar-refractivity contribution in [3.8, 4) is 0 Å². The molecule has 0 aliphatic heterocycles. The molecule has 0 aliphatic rings. The number of aromatic amines is 1. The first kappa shape index (κ1) is 10.1. The van der Waals surface area contributed by atoms with Gasteiger partial charge in [0.25, 0.3) is 5.69 Å². The fourth-order valence-corrected chi connectivity index (χ4v) is 1.41. The van der Waals surface area contributed by atoms with Crippen molar-refractivity contribution in [2.24, 2.45) is 0 Å². The third kappa shape index (κ3) is 1.38. The zero-order chi connectivity index (χ0) is 11.9. The van der Waals surface area contributed by atoms with E-state index in [0.717, 1.165) is 6.07 Å². The molecule has 0 radical (unpaired) electrons. The smallest absolute Gasteiger partial charge is 0.355 e. The number of aromatic carboxylic acids is 1. The Hall–Kier alpha value is -2.44. The van der Waals surface area contributed by atoms with E-state index in [9.17, 15) is 19.3 Å². The number of carbonyl (C=O) groups is 1. The molecule has 0 spiro atoms. The van der Waals surface area contributed by atoms with Crippen molar-refractivity contribution < 1.29 is 19.2 Å². The van der Waals surface area contributed by atoms with Crippen LogP contribution in [0.1, 0.15) is 10.5 Å². The van der Waals surface area contributed by atoms with E-state index >= 15 is 0 Å². The summed E-state index contributed by atoms with van der Waals surface area (Å²) in [5.41, 5.74) is -0.682. The molecule has 0 amide bonds. The van der Waals surface area contributed by atoms with Gasteiger partial charge in [-0.15, -0.1) is 0 Å². The maximum absolute atomic E-state index is 13.5. The number of H-pyrrole nitrogens is 1. The van der Waals surface area contributed by atoms with Crippen molar-refractivity contribution in [1.82, 2.24) is 4.98 Å². The largest absolute Gasteiger partial charge is 0.476 e. The number of nitro benzene ring substituents is 1. The van der Waals surface area contributed by atoms with Crippen LogP contribution >= 0.6 is 0 Å². The molecular formula is C9H5FN2O4. The molecular weight excluding hydrogens is 219 g/mol. The molecule has 2 aromatic rings. The summed E-state index contributed by atoms with van der Waals surface area (Å²) < 4.78 is 13.5. The molecule has 2 N–H and O–H groups in total. The molecule has 0 saturated heterocycles. The Balaban J connectivity index is 2.73. The summed E-state index contributed by atoms with van der Waals surface area (Å²) in [6.45, 7) is 0. The second kappa shape index (κ2) is 3.30. The van der Waals surface area contributed by atoms with E-state index in [1.54, 1.807) is 0 Å². The number of nitro groups is 1. The van der Waals surface area contributed by atoms with Gasteiger partial charge < -0.3 is 10.1 Å². The minimum absolute atomic E-state index is 0.105. The van der Waals surface area contributed by atoms with E-state index in [0.29, 0.717) is 0 Å². The van der Waals surface area contributed by atoms with Gasteiger partial charge in [0.1, 0.15) is 0 Å². The standard InChI is InChI=1S/C9H5FN2O4/c10-7-5-3-4(12(15)16)1-2-6(5)11-8(7)9(13)14/h1-3,11H,(H,13,14). The zero-order valence-electron chi connectivity index (χ0n) is 7.73. The highest BCUT2D eigenvalue weighted by atomic mass is 19.1. The predicted molar refractivity (Wildman–Crippen MR) is 51.9 cm³/mol. The van der Waals surface area contributed by atoms with Crippen LogP contribution in [0.3, 0.4) is 0 Å². The Labute approximate surface area is 87.5 Å². The van der Waals surface area contributed by atoms with Gasteiger partial charge in [0.2, 0.25) is 0 Å².